The molecule has 1 unspecified atom stereocenters. The van der Waals surface area contributed by atoms with E-state index in [2.05, 4.69) is 0 Å². The van der Waals surface area contributed by atoms with E-state index in [4.69, 9.17) is 4.74 Å². The molecule has 2 aromatic carbocycles. The molecule has 0 bridgehead atoms. The normalized spacial score (nSPS) is 19.6. The second-order valence-corrected chi connectivity index (χ2v) is 8.11. The molecule has 1 saturated heterocycles. The Morgan fingerprint density at radius 3 is 2.00 bits per heavy atom. The van der Waals surface area contributed by atoms with Gasteiger partial charge in [0.05, 0.1) is 17.1 Å². The molecule has 0 saturated carbocycles. The fraction of sp³-hybridized carbons (Fsp3) is 0.211. The van der Waals surface area contributed by atoms with Gasteiger partial charge in [-0.3, -0.25) is 0 Å². The van der Waals surface area contributed by atoms with Crippen molar-refractivity contribution >= 4 is 21.4 Å². The number of sulfone groups is 1. The van der Waals surface area contributed by atoms with E-state index >= 15 is 0 Å². The van der Waals surface area contributed by atoms with Crippen molar-refractivity contribution in [1.82, 2.24) is 0 Å². The van der Waals surface area contributed by atoms with Gasteiger partial charge in [-0.25, -0.2) is 17.6 Å². The molecular weight excluding hydrogens is 343 g/mol. The topological polar surface area (TPSA) is 60.4 Å². The van der Waals surface area contributed by atoms with Crippen LogP contribution in [0.1, 0.15) is 18.1 Å². The lowest BCUT2D eigenvalue weighted by atomic mass is 9.88. The Hall–Kier alpha value is -2.47. The Kier molecular flexibility index (Phi) is 4.47. The highest BCUT2D eigenvalue weighted by Crippen LogP contribution is 2.35. The summed E-state index contributed by atoms with van der Waals surface area (Å²) in [6.07, 6.45) is 1.14. The monoisotopic (exact) mass is 360 g/mol. The van der Waals surface area contributed by atoms with Crippen molar-refractivity contribution in [3.63, 3.8) is 0 Å². The maximum atomic E-state index is 13.3. The Labute approximate surface area is 145 Å². The molecular formula is C19H17FO4S. The molecule has 0 amide bonds. The van der Waals surface area contributed by atoms with Crippen molar-refractivity contribution in [2.75, 3.05) is 12.9 Å². The zero-order chi connectivity index (χ0) is 18.2. The quantitative estimate of drug-likeness (QED) is 0.623. The van der Waals surface area contributed by atoms with Crippen LogP contribution in [0.2, 0.25) is 0 Å². The Morgan fingerprint density at radius 1 is 1.04 bits per heavy atom. The number of halogens is 1. The predicted octanol–water partition coefficient (Wildman–Crippen LogP) is 3.22. The number of benzene rings is 2. The number of hydrogen-bond donors (Lipinski definition) is 0. The first-order valence-electron chi connectivity index (χ1n) is 7.75. The van der Waals surface area contributed by atoms with Crippen LogP contribution in [-0.2, 0) is 19.4 Å². The third kappa shape index (κ3) is 3.49. The van der Waals surface area contributed by atoms with Crippen molar-refractivity contribution in [3.05, 3.63) is 71.0 Å². The molecule has 25 heavy (non-hydrogen) atoms. The summed E-state index contributed by atoms with van der Waals surface area (Å²) in [6, 6.07) is 12.2. The van der Waals surface area contributed by atoms with E-state index in [1.807, 2.05) is 6.92 Å². The second kappa shape index (κ2) is 6.44. The smallest absolute Gasteiger partial charge is 0.335 e. The standard InChI is InChI=1S/C19H17FO4S/c1-12-11-24-19(21)17(12)18(13-3-7-15(20)8-4-13)14-5-9-16(10-6-14)25(2,22)23/h3-10,12H,11H2,1-2H3. The van der Waals surface area contributed by atoms with Crippen LogP contribution in [0, 0.1) is 11.7 Å². The SMILES string of the molecule is CC1COC(=O)C1=C(c1ccc(F)cc1)c1ccc(S(C)(=O)=O)cc1. The van der Waals surface area contributed by atoms with Gasteiger partial charge in [-0.1, -0.05) is 31.2 Å². The van der Waals surface area contributed by atoms with E-state index in [0.717, 1.165) is 6.26 Å². The summed E-state index contributed by atoms with van der Waals surface area (Å²) in [6.45, 7) is 2.18. The van der Waals surface area contributed by atoms with E-state index < -0.39 is 15.8 Å². The summed E-state index contributed by atoms with van der Waals surface area (Å²) in [5.41, 5.74) is 2.50. The number of carbonyl (C=O) groups is 1. The van der Waals surface area contributed by atoms with E-state index in [0.29, 0.717) is 28.9 Å². The minimum Gasteiger partial charge on any atom is -0.462 e. The lowest BCUT2D eigenvalue weighted by Gasteiger charge is -2.14. The summed E-state index contributed by atoms with van der Waals surface area (Å²) in [5, 5.41) is 0. The van der Waals surface area contributed by atoms with Crippen LogP contribution in [0.3, 0.4) is 0 Å². The molecule has 6 heteroatoms. The molecule has 1 atom stereocenters. The number of esters is 1. The van der Waals surface area contributed by atoms with Crippen LogP contribution < -0.4 is 0 Å². The summed E-state index contributed by atoms with van der Waals surface area (Å²) in [7, 11) is -3.31. The van der Waals surface area contributed by atoms with Crippen LogP contribution in [0.25, 0.3) is 5.57 Å². The van der Waals surface area contributed by atoms with Gasteiger partial charge in [0.2, 0.25) is 0 Å². The fourth-order valence-corrected chi connectivity index (χ4v) is 3.50. The first-order valence-corrected chi connectivity index (χ1v) is 9.64. The molecule has 1 aliphatic heterocycles. The van der Waals surface area contributed by atoms with Crippen LogP contribution in [0.4, 0.5) is 4.39 Å². The van der Waals surface area contributed by atoms with Crippen LogP contribution in [0.5, 0.6) is 0 Å². The van der Waals surface area contributed by atoms with E-state index in [-0.39, 0.29) is 16.6 Å². The maximum Gasteiger partial charge on any atom is 0.335 e. The molecule has 0 aliphatic carbocycles. The van der Waals surface area contributed by atoms with Gasteiger partial charge in [0.1, 0.15) is 5.82 Å². The molecule has 3 rings (SSSR count). The average Bonchev–Trinajstić information content (AvgIpc) is 2.89. The van der Waals surface area contributed by atoms with Gasteiger partial charge in [-0.2, -0.15) is 0 Å². The number of cyclic esters (lactones) is 1. The van der Waals surface area contributed by atoms with E-state index in [1.165, 1.54) is 24.3 Å². The number of carbonyl (C=O) groups excluding carboxylic acids is 1. The predicted molar refractivity (Wildman–Crippen MR) is 92.1 cm³/mol. The van der Waals surface area contributed by atoms with Gasteiger partial charge < -0.3 is 4.74 Å². The lowest BCUT2D eigenvalue weighted by Crippen LogP contribution is -2.06. The van der Waals surface area contributed by atoms with Gasteiger partial charge in [-0.15, -0.1) is 0 Å². The highest BCUT2D eigenvalue weighted by Gasteiger charge is 2.31. The minimum atomic E-state index is -3.31. The zero-order valence-electron chi connectivity index (χ0n) is 13.8. The van der Waals surface area contributed by atoms with Crippen molar-refractivity contribution < 1.29 is 22.3 Å². The fourth-order valence-electron chi connectivity index (χ4n) is 2.87. The first kappa shape index (κ1) is 17.4. The molecule has 130 valence electrons. The third-order valence-corrected chi connectivity index (χ3v) is 5.28. The molecule has 0 N–H and O–H groups in total. The lowest BCUT2D eigenvalue weighted by molar-refractivity contribution is -0.135. The van der Waals surface area contributed by atoms with Gasteiger partial charge in [0.25, 0.3) is 0 Å². The molecule has 1 fully saturated rings. The van der Waals surface area contributed by atoms with Crippen LogP contribution in [-0.4, -0.2) is 27.2 Å². The Balaban J connectivity index is 2.20. The van der Waals surface area contributed by atoms with Gasteiger partial charge in [0, 0.05) is 12.2 Å². The van der Waals surface area contributed by atoms with Crippen molar-refractivity contribution in [1.29, 1.82) is 0 Å². The highest BCUT2D eigenvalue weighted by molar-refractivity contribution is 7.90. The summed E-state index contributed by atoms with van der Waals surface area (Å²) in [4.78, 5) is 12.4. The van der Waals surface area contributed by atoms with E-state index in [1.54, 1.807) is 24.3 Å². The second-order valence-electron chi connectivity index (χ2n) is 6.09. The Morgan fingerprint density at radius 2 is 1.56 bits per heavy atom. The third-order valence-electron chi connectivity index (χ3n) is 4.15. The highest BCUT2D eigenvalue weighted by atomic mass is 32.2. The minimum absolute atomic E-state index is 0.109. The van der Waals surface area contributed by atoms with Crippen molar-refractivity contribution in [3.8, 4) is 0 Å². The largest absolute Gasteiger partial charge is 0.462 e. The van der Waals surface area contributed by atoms with E-state index in [9.17, 15) is 17.6 Å². The zero-order valence-corrected chi connectivity index (χ0v) is 14.6. The summed E-state index contributed by atoms with van der Waals surface area (Å²) in [5.74, 6) is -0.885. The maximum absolute atomic E-state index is 13.3. The summed E-state index contributed by atoms with van der Waals surface area (Å²) < 4.78 is 41.7. The molecule has 0 spiro atoms. The molecule has 1 heterocycles. The van der Waals surface area contributed by atoms with Crippen LogP contribution >= 0.6 is 0 Å². The van der Waals surface area contributed by atoms with Gasteiger partial charge in [0.15, 0.2) is 9.84 Å². The van der Waals surface area contributed by atoms with Gasteiger partial charge >= 0.3 is 5.97 Å². The van der Waals surface area contributed by atoms with Gasteiger partial charge in [-0.05, 0) is 41.0 Å². The molecule has 2 aromatic rings. The number of rotatable bonds is 3. The molecule has 1 aliphatic rings. The molecule has 0 aromatic heterocycles. The number of ether oxygens (including phenoxy) is 1. The average molecular weight is 360 g/mol. The molecule has 0 radical (unpaired) electrons. The summed E-state index contributed by atoms with van der Waals surface area (Å²) >= 11 is 0. The Bertz CT molecular complexity index is 942. The van der Waals surface area contributed by atoms with Crippen molar-refractivity contribution in [2.24, 2.45) is 5.92 Å². The van der Waals surface area contributed by atoms with Crippen LogP contribution in [0.15, 0.2) is 59.0 Å². The molecule has 4 nitrogen and oxygen atoms in total. The van der Waals surface area contributed by atoms with Crippen molar-refractivity contribution in [2.45, 2.75) is 11.8 Å². The first-order chi connectivity index (χ1) is 11.8. The number of hydrogen-bond acceptors (Lipinski definition) is 4.